The lowest BCUT2D eigenvalue weighted by Gasteiger charge is -2.42. The molecule has 0 radical (unpaired) electrons. The Morgan fingerprint density at radius 3 is 2.71 bits per heavy atom. The number of amidine groups is 2. The lowest BCUT2D eigenvalue weighted by Crippen LogP contribution is -2.58. The lowest BCUT2D eigenvalue weighted by molar-refractivity contribution is -0.119. The minimum atomic E-state index is -0.0821. The zero-order chi connectivity index (χ0) is 23.1. The molecule has 3 heterocycles. The Balaban J connectivity index is 1.36. The number of hydrazine groups is 1. The van der Waals surface area contributed by atoms with Crippen molar-refractivity contribution in [3.63, 3.8) is 0 Å². The van der Waals surface area contributed by atoms with Crippen LogP contribution in [0.15, 0.2) is 89.0 Å². The molecule has 1 aromatic heterocycles. The summed E-state index contributed by atoms with van der Waals surface area (Å²) in [6, 6.07) is 24.0. The number of halogens is 1. The van der Waals surface area contributed by atoms with E-state index in [1.807, 2.05) is 65.8 Å². The third-order valence-corrected chi connectivity index (χ3v) is 6.62. The van der Waals surface area contributed by atoms with Gasteiger partial charge >= 0.3 is 0 Å². The number of hydrogen-bond acceptors (Lipinski definition) is 5. The van der Waals surface area contributed by atoms with Gasteiger partial charge in [0.1, 0.15) is 12.4 Å². The third-order valence-electron chi connectivity index (χ3n) is 5.95. The van der Waals surface area contributed by atoms with E-state index in [0.29, 0.717) is 13.0 Å². The molecule has 0 fully saturated rings. The van der Waals surface area contributed by atoms with E-state index in [2.05, 4.69) is 56.1 Å². The highest BCUT2D eigenvalue weighted by molar-refractivity contribution is 14.1. The van der Waals surface area contributed by atoms with Gasteiger partial charge in [-0.05, 0) is 59.0 Å². The third kappa shape index (κ3) is 3.63. The fourth-order valence-electron chi connectivity index (χ4n) is 4.41. The van der Waals surface area contributed by atoms with Gasteiger partial charge in [-0.15, -0.1) is 0 Å². The molecule has 1 amide bonds. The van der Waals surface area contributed by atoms with Crippen molar-refractivity contribution in [1.82, 2.24) is 9.99 Å². The first-order valence-electron chi connectivity index (χ1n) is 11.1. The maximum atomic E-state index is 13.1. The first-order valence-corrected chi connectivity index (χ1v) is 12.2. The predicted molar refractivity (Wildman–Crippen MR) is 145 cm³/mol. The predicted octanol–water partition coefficient (Wildman–Crippen LogP) is 5.33. The van der Waals surface area contributed by atoms with Gasteiger partial charge in [0.2, 0.25) is 0 Å². The van der Waals surface area contributed by atoms with Crippen molar-refractivity contribution in [2.75, 3.05) is 23.4 Å². The van der Waals surface area contributed by atoms with E-state index < -0.39 is 0 Å². The van der Waals surface area contributed by atoms with Gasteiger partial charge in [-0.2, -0.15) is 0 Å². The van der Waals surface area contributed by atoms with Gasteiger partial charge in [0.15, 0.2) is 5.84 Å². The monoisotopic (exact) mass is 560 g/mol. The van der Waals surface area contributed by atoms with Crippen molar-refractivity contribution >= 4 is 68.1 Å². The van der Waals surface area contributed by atoms with Crippen LogP contribution in [0.3, 0.4) is 0 Å². The van der Waals surface area contributed by atoms with E-state index in [1.54, 1.807) is 5.01 Å². The van der Waals surface area contributed by atoms with Crippen LogP contribution < -0.4 is 10.3 Å². The molecule has 2 N–H and O–H groups in total. The number of nitrogens with one attached hydrogen (secondary N) is 2. The number of H-pyrrole nitrogens is 1. The summed E-state index contributed by atoms with van der Waals surface area (Å²) >= 11 is 2.30. The molecule has 6 rings (SSSR count). The van der Waals surface area contributed by atoms with Crippen molar-refractivity contribution in [2.45, 2.75) is 6.42 Å². The van der Waals surface area contributed by atoms with Crippen LogP contribution in [0.2, 0.25) is 0 Å². The van der Waals surface area contributed by atoms with Crippen LogP contribution in [-0.4, -0.2) is 40.7 Å². The maximum Gasteiger partial charge on any atom is 0.267 e. The summed E-state index contributed by atoms with van der Waals surface area (Å²) < 4.78 is 1.10. The second kappa shape index (κ2) is 8.60. The summed E-state index contributed by atoms with van der Waals surface area (Å²) in [7, 11) is 0. The highest BCUT2D eigenvalue weighted by atomic mass is 127. The normalized spacial score (nSPS) is 15.0. The number of benzene rings is 3. The number of nitrogens with zero attached hydrogens (tertiary/aromatic N) is 4. The molecule has 3 aromatic carbocycles. The van der Waals surface area contributed by atoms with Crippen molar-refractivity contribution in [3.05, 3.63) is 88.1 Å². The van der Waals surface area contributed by atoms with Gasteiger partial charge in [0, 0.05) is 39.2 Å². The van der Waals surface area contributed by atoms with Gasteiger partial charge < -0.3 is 10.3 Å². The maximum absolute atomic E-state index is 13.1. The van der Waals surface area contributed by atoms with Gasteiger partial charge in [-0.25, -0.2) is 15.0 Å². The second-order valence-electron chi connectivity index (χ2n) is 8.11. The minimum absolute atomic E-state index is 0.0821. The van der Waals surface area contributed by atoms with E-state index >= 15 is 0 Å². The Kier molecular flexibility index (Phi) is 5.29. The van der Waals surface area contributed by atoms with Crippen LogP contribution in [0, 0.1) is 3.57 Å². The molecule has 34 heavy (non-hydrogen) atoms. The molecule has 0 unspecified atom stereocenters. The smallest absolute Gasteiger partial charge is 0.267 e. The van der Waals surface area contributed by atoms with E-state index in [-0.39, 0.29) is 12.5 Å². The average molecular weight is 560 g/mol. The van der Waals surface area contributed by atoms with Crippen LogP contribution in [0.4, 0.5) is 17.1 Å². The number of fused-ring (bicyclic) bond motifs is 4. The lowest BCUT2D eigenvalue weighted by atomic mass is 10.1. The van der Waals surface area contributed by atoms with Crippen molar-refractivity contribution in [2.24, 2.45) is 9.98 Å². The number of aliphatic imine (C=N–C) groups is 2. The molecule has 8 heteroatoms. The molecule has 4 aromatic rings. The molecule has 168 valence electrons. The molecule has 0 aliphatic carbocycles. The molecular formula is C26H21IN6O. The van der Waals surface area contributed by atoms with Gasteiger partial charge in [-0.1, -0.05) is 36.4 Å². The Hall–Kier alpha value is -3.66. The molecule has 2 aliphatic rings. The highest BCUT2D eigenvalue weighted by Crippen LogP contribution is 2.33. The first-order chi connectivity index (χ1) is 16.7. The topological polar surface area (TPSA) is 76.1 Å². The number of carbonyl (C=O) groups excluding carboxylic acids is 1. The van der Waals surface area contributed by atoms with Crippen LogP contribution in [0.25, 0.3) is 10.9 Å². The molecular weight excluding hydrogens is 539 g/mol. The van der Waals surface area contributed by atoms with E-state index in [4.69, 9.17) is 4.99 Å². The Morgan fingerprint density at radius 1 is 1.00 bits per heavy atom. The summed E-state index contributed by atoms with van der Waals surface area (Å²) in [5.41, 5.74) is 4.75. The zero-order valence-electron chi connectivity index (χ0n) is 18.2. The SMILES string of the molecule is O=C1CN=C2c3cc(I)ccc3N=C(CCNc3c[nH]c4ccccc34)N2N1c1ccccc1. The molecule has 7 nitrogen and oxygen atoms in total. The van der Waals surface area contributed by atoms with Crippen LogP contribution >= 0.6 is 22.6 Å². The van der Waals surface area contributed by atoms with Crippen molar-refractivity contribution in [1.29, 1.82) is 0 Å². The average Bonchev–Trinajstić information content (AvgIpc) is 3.28. The quantitative estimate of drug-likeness (QED) is 0.324. The Bertz CT molecular complexity index is 1460. The number of carbonyl (C=O) groups is 1. The number of aromatic nitrogens is 1. The minimum Gasteiger partial charge on any atom is -0.383 e. The molecule has 0 bridgehead atoms. The summed E-state index contributed by atoms with van der Waals surface area (Å²) in [6.07, 6.45) is 2.60. The number of anilines is 2. The summed E-state index contributed by atoms with van der Waals surface area (Å²) in [5, 5.41) is 8.26. The highest BCUT2D eigenvalue weighted by Gasteiger charge is 2.37. The van der Waals surface area contributed by atoms with E-state index in [9.17, 15) is 4.79 Å². The number of amides is 1. The first kappa shape index (κ1) is 20.9. The van der Waals surface area contributed by atoms with Gasteiger partial charge in [-0.3, -0.25) is 9.79 Å². The fraction of sp³-hybridized carbons (Fsp3) is 0.115. The molecule has 0 atom stereocenters. The molecule has 0 saturated carbocycles. The zero-order valence-corrected chi connectivity index (χ0v) is 20.4. The number of para-hydroxylation sites is 2. The van der Waals surface area contributed by atoms with Crippen molar-refractivity contribution < 1.29 is 4.79 Å². The number of rotatable bonds is 5. The number of aromatic amines is 1. The second-order valence-corrected chi connectivity index (χ2v) is 9.35. The molecule has 0 spiro atoms. The summed E-state index contributed by atoms with van der Waals surface area (Å²) in [6.45, 7) is 0.757. The largest absolute Gasteiger partial charge is 0.383 e. The van der Waals surface area contributed by atoms with Crippen LogP contribution in [0.1, 0.15) is 12.0 Å². The van der Waals surface area contributed by atoms with Crippen molar-refractivity contribution in [3.8, 4) is 0 Å². The van der Waals surface area contributed by atoms with E-state index in [0.717, 1.165) is 48.8 Å². The van der Waals surface area contributed by atoms with Crippen LogP contribution in [0.5, 0.6) is 0 Å². The molecule has 2 aliphatic heterocycles. The fourth-order valence-corrected chi connectivity index (χ4v) is 4.90. The van der Waals surface area contributed by atoms with Crippen LogP contribution in [-0.2, 0) is 4.79 Å². The van der Waals surface area contributed by atoms with Gasteiger partial charge in [0.25, 0.3) is 5.91 Å². The molecule has 0 saturated heterocycles. The summed E-state index contributed by atoms with van der Waals surface area (Å²) in [5.74, 6) is 1.45. The standard InChI is InChI=1S/C26H21IN6O/c27-17-10-11-22-20(14-17)26-30-16-25(34)32(18-6-2-1-3-7-18)33(26)24(31-22)12-13-28-23-15-29-21-9-5-4-8-19(21)23/h1-11,14-15,28-29H,12-13,16H2. The summed E-state index contributed by atoms with van der Waals surface area (Å²) in [4.78, 5) is 26.0. The Labute approximate surface area is 210 Å². The van der Waals surface area contributed by atoms with E-state index in [1.165, 1.54) is 0 Å². The Morgan fingerprint density at radius 2 is 1.82 bits per heavy atom. The van der Waals surface area contributed by atoms with Gasteiger partial charge in [0.05, 0.1) is 17.1 Å². The number of hydrogen-bond donors (Lipinski definition) is 2.